The fourth-order valence-electron chi connectivity index (χ4n) is 2.43. The van der Waals surface area contributed by atoms with Crippen molar-refractivity contribution in [1.29, 1.82) is 0 Å². The SMILES string of the molecule is Cc1ccccc1CN1CCC[C@@H](C(=O)O)C1. The third-order valence-electron chi connectivity index (χ3n) is 3.51. The van der Waals surface area contributed by atoms with Gasteiger partial charge in [0.2, 0.25) is 0 Å². The molecule has 1 aromatic rings. The molecule has 1 aliphatic rings. The Balaban J connectivity index is 1.99. The summed E-state index contributed by atoms with van der Waals surface area (Å²) in [6, 6.07) is 8.31. The monoisotopic (exact) mass is 233 g/mol. The maximum absolute atomic E-state index is 11.0. The normalized spacial score (nSPS) is 21.4. The third kappa shape index (κ3) is 3.07. The molecule has 1 fully saturated rings. The van der Waals surface area contributed by atoms with Crippen LogP contribution in [0, 0.1) is 12.8 Å². The van der Waals surface area contributed by atoms with Crippen molar-refractivity contribution in [3.8, 4) is 0 Å². The number of likely N-dealkylation sites (tertiary alicyclic amines) is 1. The van der Waals surface area contributed by atoms with Crippen molar-refractivity contribution in [3.05, 3.63) is 35.4 Å². The van der Waals surface area contributed by atoms with Gasteiger partial charge in [-0.1, -0.05) is 24.3 Å². The van der Waals surface area contributed by atoms with Gasteiger partial charge in [-0.25, -0.2) is 0 Å². The molecule has 2 rings (SSSR count). The van der Waals surface area contributed by atoms with Crippen LogP contribution in [0.1, 0.15) is 24.0 Å². The first kappa shape index (κ1) is 12.1. The van der Waals surface area contributed by atoms with Gasteiger partial charge in [-0.3, -0.25) is 9.69 Å². The zero-order valence-corrected chi connectivity index (χ0v) is 10.2. The summed E-state index contributed by atoms with van der Waals surface area (Å²) in [6.07, 6.45) is 1.81. The lowest BCUT2D eigenvalue weighted by Crippen LogP contribution is -2.38. The van der Waals surface area contributed by atoms with Crippen molar-refractivity contribution in [3.63, 3.8) is 0 Å². The van der Waals surface area contributed by atoms with Crippen LogP contribution in [0.3, 0.4) is 0 Å². The molecule has 0 aliphatic carbocycles. The number of carboxylic acid groups (broad SMARTS) is 1. The van der Waals surface area contributed by atoms with E-state index in [1.54, 1.807) is 0 Å². The Morgan fingerprint density at radius 2 is 2.24 bits per heavy atom. The van der Waals surface area contributed by atoms with Gasteiger partial charge in [0, 0.05) is 13.1 Å². The summed E-state index contributed by atoms with van der Waals surface area (Å²) in [5, 5.41) is 9.05. The Hall–Kier alpha value is -1.35. The molecule has 0 aromatic heterocycles. The van der Waals surface area contributed by atoms with E-state index in [1.807, 2.05) is 12.1 Å². The molecular weight excluding hydrogens is 214 g/mol. The van der Waals surface area contributed by atoms with Gasteiger partial charge in [0.05, 0.1) is 5.92 Å². The number of hydrogen-bond donors (Lipinski definition) is 1. The fraction of sp³-hybridized carbons (Fsp3) is 0.500. The average Bonchev–Trinajstić information content (AvgIpc) is 2.32. The standard InChI is InChI=1S/C14H19NO2/c1-11-5-2-3-6-12(11)9-15-8-4-7-13(10-15)14(16)17/h2-3,5-6,13H,4,7-10H2,1H3,(H,16,17)/t13-/m1/s1. The first-order chi connectivity index (χ1) is 8.16. The average molecular weight is 233 g/mol. The Kier molecular flexibility index (Phi) is 3.79. The Morgan fingerprint density at radius 1 is 1.47 bits per heavy atom. The molecule has 0 radical (unpaired) electrons. The van der Waals surface area contributed by atoms with Crippen LogP contribution in [0.2, 0.25) is 0 Å². The van der Waals surface area contributed by atoms with Crippen molar-refractivity contribution in [1.82, 2.24) is 4.90 Å². The van der Waals surface area contributed by atoms with Crippen LogP contribution in [-0.2, 0) is 11.3 Å². The van der Waals surface area contributed by atoms with Crippen LogP contribution in [0.15, 0.2) is 24.3 Å². The summed E-state index contributed by atoms with van der Waals surface area (Å²) in [5.74, 6) is -0.841. The molecule has 1 saturated heterocycles. The maximum atomic E-state index is 11.0. The molecule has 0 saturated carbocycles. The van der Waals surface area contributed by atoms with Crippen molar-refractivity contribution in [2.75, 3.05) is 13.1 Å². The van der Waals surface area contributed by atoms with Crippen molar-refractivity contribution < 1.29 is 9.90 Å². The number of benzene rings is 1. The second kappa shape index (κ2) is 5.32. The van der Waals surface area contributed by atoms with Crippen LogP contribution in [0.25, 0.3) is 0 Å². The van der Waals surface area contributed by atoms with E-state index in [2.05, 4.69) is 24.0 Å². The molecule has 92 valence electrons. The van der Waals surface area contributed by atoms with Crippen molar-refractivity contribution in [2.24, 2.45) is 5.92 Å². The van der Waals surface area contributed by atoms with Gasteiger partial charge in [-0.05, 0) is 37.4 Å². The van der Waals surface area contributed by atoms with Gasteiger partial charge >= 0.3 is 5.97 Å². The number of nitrogens with zero attached hydrogens (tertiary/aromatic N) is 1. The Labute approximate surface area is 102 Å². The molecule has 3 nitrogen and oxygen atoms in total. The highest BCUT2D eigenvalue weighted by atomic mass is 16.4. The summed E-state index contributed by atoms with van der Waals surface area (Å²) < 4.78 is 0. The van der Waals surface area contributed by atoms with Gasteiger partial charge in [-0.2, -0.15) is 0 Å². The van der Waals surface area contributed by atoms with Crippen LogP contribution in [0.4, 0.5) is 0 Å². The zero-order valence-electron chi connectivity index (χ0n) is 10.2. The lowest BCUT2D eigenvalue weighted by molar-refractivity contribution is -0.143. The van der Waals surface area contributed by atoms with E-state index in [4.69, 9.17) is 5.11 Å². The van der Waals surface area contributed by atoms with E-state index in [1.165, 1.54) is 11.1 Å². The summed E-state index contributed by atoms with van der Waals surface area (Å²) >= 11 is 0. The van der Waals surface area contributed by atoms with E-state index >= 15 is 0 Å². The number of carbonyl (C=O) groups is 1. The first-order valence-electron chi connectivity index (χ1n) is 6.16. The lowest BCUT2D eigenvalue weighted by atomic mass is 9.97. The largest absolute Gasteiger partial charge is 0.481 e. The summed E-state index contributed by atoms with van der Waals surface area (Å²) in [6.45, 7) is 4.67. The molecule has 3 heteroatoms. The second-order valence-electron chi connectivity index (χ2n) is 4.84. The van der Waals surface area contributed by atoms with Gasteiger partial charge in [-0.15, -0.1) is 0 Å². The number of carboxylic acids is 1. The highest BCUT2D eigenvalue weighted by molar-refractivity contribution is 5.70. The molecule has 1 aromatic carbocycles. The highest BCUT2D eigenvalue weighted by Crippen LogP contribution is 2.19. The van der Waals surface area contributed by atoms with Crippen molar-refractivity contribution in [2.45, 2.75) is 26.3 Å². The molecule has 1 atom stereocenters. The molecule has 1 N–H and O–H groups in total. The Morgan fingerprint density at radius 3 is 2.94 bits per heavy atom. The van der Waals surface area contributed by atoms with Crippen LogP contribution in [-0.4, -0.2) is 29.1 Å². The minimum atomic E-state index is -0.653. The molecule has 0 spiro atoms. The highest BCUT2D eigenvalue weighted by Gasteiger charge is 2.25. The smallest absolute Gasteiger partial charge is 0.307 e. The summed E-state index contributed by atoms with van der Waals surface area (Å²) in [7, 11) is 0. The topological polar surface area (TPSA) is 40.5 Å². The lowest BCUT2D eigenvalue weighted by Gasteiger charge is -2.30. The molecule has 1 aliphatic heterocycles. The summed E-state index contributed by atoms with van der Waals surface area (Å²) in [4.78, 5) is 13.2. The minimum Gasteiger partial charge on any atom is -0.481 e. The fourth-order valence-corrected chi connectivity index (χ4v) is 2.43. The van der Waals surface area contributed by atoms with E-state index in [9.17, 15) is 4.79 Å². The van der Waals surface area contributed by atoms with E-state index in [0.29, 0.717) is 6.54 Å². The molecule has 17 heavy (non-hydrogen) atoms. The number of piperidine rings is 1. The molecule has 1 heterocycles. The van der Waals surface area contributed by atoms with Gasteiger partial charge < -0.3 is 5.11 Å². The van der Waals surface area contributed by atoms with Crippen molar-refractivity contribution >= 4 is 5.97 Å². The van der Waals surface area contributed by atoms with Gasteiger partial charge in [0.15, 0.2) is 0 Å². The Bertz CT molecular complexity index is 403. The number of aryl methyl sites for hydroxylation is 1. The van der Waals surface area contributed by atoms with E-state index in [-0.39, 0.29) is 5.92 Å². The van der Waals surface area contributed by atoms with E-state index < -0.39 is 5.97 Å². The van der Waals surface area contributed by atoms with Gasteiger partial charge in [0.25, 0.3) is 0 Å². The molecule has 0 unspecified atom stereocenters. The molecular formula is C14H19NO2. The van der Waals surface area contributed by atoms with Crippen LogP contribution >= 0.6 is 0 Å². The first-order valence-corrected chi connectivity index (χ1v) is 6.16. The zero-order chi connectivity index (χ0) is 12.3. The summed E-state index contributed by atoms with van der Waals surface area (Å²) in [5.41, 5.74) is 2.59. The second-order valence-corrected chi connectivity index (χ2v) is 4.84. The van der Waals surface area contributed by atoms with Crippen LogP contribution in [0.5, 0.6) is 0 Å². The molecule has 0 bridgehead atoms. The number of aliphatic carboxylic acids is 1. The minimum absolute atomic E-state index is 0.187. The predicted octanol–water partition coefficient (Wildman–Crippen LogP) is 2.29. The third-order valence-corrected chi connectivity index (χ3v) is 3.51. The quantitative estimate of drug-likeness (QED) is 0.870. The van der Waals surface area contributed by atoms with Gasteiger partial charge in [0.1, 0.15) is 0 Å². The van der Waals surface area contributed by atoms with E-state index in [0.717, 1.165) is 25.9 Å². The number of rotatable bonds is 3. The maximum Gasteiger partial charge on any atom is 0.307 e. The predicted molar refractivity (Wildman–Crippen MR) is 66.8 cm³/mol. The molecule has 0 amide bonds. The van der Waals surface area contributed by atoms with Crippen LogP contribution < -0.4 is 0 Å². The number of hydrogen-bond acceptors (Lipinski definition) is 2.